The topological polar surface area (TPSA) is 59.2 Å². The Bertz CT molecular complexity index is 595. The van der Waals surface area contributed by atoms with Gasteiger partial charge in [-0.1, -0.05) is 18.2 Å². The van der Waals surface area contributed by atoms with Gasteiger partial charge in [0, 0.05) is 18.4 Å². The number of aromatic nitrogens is 1. The van der Waals surface area contributed by atoms with Crippen molar-refractivity contribution in [2.45, 2.75) is 13.8 Å². The van der Waals surface area contributed by atoms with Gasteiger partial charge < -0.3 is 10.6 Å². The molecular weight excluding hydrogens is 238 g/mol. The number of amides is 1. The first-order valence-corrected chi connectivity index (χ1v) is 6.23. The highest BCUT2D eigenvalue weighted by atomic mass is 16.2. The van der Waals surface area contributed by atoms with E-state index in [4.69, 9.17) is 5.73 Å². The summed E-state index contributed by atoms with van der Waals surface area (Å²) in [6.07, 6.45) is 1.58. The van der Waals surface area contributed by atoms with Crippen LogP contribution >= 0.6 is 0 Å². The maximum absolute atomic E-state index is 12.6. The summed E-state index contributed by atoms with van der Waals surface area (Å²) in [6, 6.07) is 11.2. The Hall–Kier alpha value is -2.36. The van der Waals surface area contributed by atoms with Crippen molar-refractivity contribution in [2.24, 2.45) is 0 Å². The van der Waals surface area contributed by atoms with Crippen LogP contribution in [0.2, 0.25) is 0 Å². The van der Waals surface area contributed by atoms with Crippen LogP contribution in [-0.2, 0) is 0 Å². The van der Waals surface area contributed by atoms with Gasteiger partial charge in [0.2, 0.25) is 0 Å². The van der Waals surface area contributed by atoms with Gasteiger partial charge in [-0.15, -0.1) is 0 Å². The number of nitrogen functional groups attached to an aromatic ring is 1. The van der Waals surface area contributed by atoms with E-state index >= 15 is 0 Å². The normalized spacial score (nSPS) is 10.2. The van der Waals surface area contributed by atoms with Gasteiger partial charge in [-0.2, -0.15) is 0 Å². The molecule has 0 aliphatic carbocycles. The number of carbonyl (C=O) groups is 1. The fraction of sp³-hybridized carbons (Fsp3) is 0.200. The minimum absolute atomic E-state index is 0.123. The Balaban J connectivity index is 2.41. The van der Waals surface area contributed by atoms with Crippen molar-refractivity contribution in [2.75, 3.05) is 17.2 Å². The van der Waals surface area contributed by atoms with Gasteiger partial charge in [-0.3, -0.25) is 4.79 Å². The summed E-state index contributed by atoms with van der Waals surface area (Å²) in [5, 5.41) is 0. The Morgan fingerprint density at radius 1 is 1.26 bits per heavy atom. The van der Waals surface area contributed by atoms with Gasteiger partial charge in [-0.05, 0) is 37.6 Å². The van der Waals surface area contributed by atoms with Crippen molar-refractivity contribution in [3.63, 3.8) is 0 Å². The fourth-order valence-electron chi connectivity index (χ4n) is 2.03. The van der Waals surface area contributed by atoms with E-state index in [1.165, 1.54) is 0 Å². The van der Waals surface area contributed by atoms with Crippen molar-refractivity contribution in [3.05, 3.63) is 53.7 Å². The molecule has 0 bridgehead atoms. The summed E-state index contributed by atoms with van der Waals surface area (Å²) >= 11 is 0. The van der Waals surface area contributed by atoms with Gasteiger partial charge >= 0.3 is 0 Å². The predicted octanol–water partition coefficient (Wildman–Crippen LogP) is 2.64. The molecule has 4 nitrogen and oxygen atoms in total. The number of nitrogens with zero attached hydrogens (tertiary/aromatic N) is 2. The van der Waals surface area contributed by atoms with Gasteiger partial charge in [-0.25, -0.2) is 4.98 Å². The molecule has 98 valence electrons. The standard InChI is InChI=1S/C15H17N3O/c1-3-18(13-9-5-4-7-11(13)2)15(19)12-8-6-10-17-14(12)16/h4-10H,3H2,1-2H3,(H2,16,17). The maximum Gasteiger partial charge on any atom is 0.262 e. The van der Waals surface area contributed by atoms with Gasteiger partial charge in [0.05, 0.1) is 5.56 Å². The molecule has 0 spiro atoms. The van der Waals surface area contributed by atoms with Gasteiger partial charge in [0.1, 0.15) is 5.82 Å². The lowest BCUT2D eigenvalue weighted by Crippen LogP contribution is -2.31. The average molecular weight is 255 g/mol. The molecule has 0 fully saturated rings. The number of hydrogen-bond donors (Lipinski definition) is 1. The highest BCUT2D eigenvalue weighted by Crippen LogP contribution is 2.22. The first-order valence-electron chi connectivity index (χ1n) is 6.23. The molecule has 4 heteroatoms. The number of rotatable bonds is 3. The van der Waals surface area contributed by atoms with Gasteiger partial charge in [0.25, 0.3) is 5.91 Å². The third-order valence-corrected chi connectivity index (χ3v) is 3.04. The van der Waals surface area contributed by atoms with Crippen LogP contribution < -0.4 is 10.6 Å². The fourth-order valence-corrected chi connectivity index (χ4v) is 2.03. The molecular formula is C15H17N3O. The third kappa shape index (κ3) is 2.57. The van der Waals surface area contributed by atoms with Gasteiger partial charge in [0.15, 0.2) is 0 Å². The summed E-state index contributed by atoms with van der Waals surface area (Å²) < 4.78 is 0. The number of hydrogen-bond acceptors (Lipinski definition) is 3. The molecule has 2 N–H and O–H groups in total. The van der Waals surface area contributed by atoms with E-state index in [2.05, 4.69) is 4.98 Å². The highest BCUT2D eigenvalue weighted by Gasteiger charge is 2.19. The maximum atomic E-state index is 12.6. The van der Waals surface area contributed by atoms with Crippen LogP contribution in [0, 0.1) is 6.92 Å². The Morgan fingerprint density at radius 3 is 2.63 bits per heavy atom. The predicted molar refractivity (Wildman–Crippen MR) is 77.2 cm³/mol. The van der Waals surface area contributed by atoms with Crippen LogP contribution in [0.5, 0.6) is 0 Å². The second kappa shape index (κ2) is 5.52. The third-order valence-electron chi connectivity index (χ3n) is 3.04. The van der Waals surface area contributed by atoms with Crippen LogP contribution in [0.15, 0.2) is 42.6 Å². The average Bonchev–Trinajstić information content (AvgIpc) is 2.42. The summed E-state index contributed by atoms with van der Waals surface area (Å²) in [7, 11) is 0. The zero-order chi connectivity index (χ0) is 13.8. The molecule has 19 heavy (non-hydrogen) atoms. The van der Waals surface area contributed by atoms with Crippen molar-refractivity contribution >= 4 is 17.4 Å². The van der Waals surface area contributed by atoms with Crippen molar-refractivity contribution in [3.8, 4) is 0 Å². The second-order valence-electron chi connectivity index (χ2n) is 4.27. The van der Waals surface area contributed by atoms with Crippen LogP contribution in [-0.4, -0.2) is 17.4 Å². The van der Waals surface area contributed by atoms with Crippen molar-refractivity contribution < 1.29 is 4.79 Å². The summed E-state index contributed by atoms with van der Waals surface area (Å²) in [5.41, 5.74) is 8.17. The van der Waals surface area contributed by atoms with Crippen LogP contribution in [0.25, 0.3) is 0 Å². The lowest BCUT2D eigenvalue weighted by molar-refractivity contribution is 0.0988. The number of anilines is 2. The molecule has 1 aromatic carbocycles. The largest absolute Gasteiger partial charge is 0.383 e. The first-order chi connectivity index (χ1) is 9.15. The molecule has 2 rings (SSSR count). The highest BCUT2D eigenvalue weighted by molar-refractivity contribution is 6.09. The second-order valence-corrected chi connectivity index (χ2v) is 4.27. The minimum atomic E-state index is -0.123. The Morgan fingerprint density at radius 2 is 2.00 bits per heavy atom. The lowest BCUT2D eigenvalue weighted by Gasteiger charge is -2.23. The summed E-state index contributed by atoms with van der Waals surface area (Å²) in [4.78, 5) is 18.2. The quantitative estimate of drug-likeness (QED) is 0.917. The van der Waals surface area contributed by atoms with E-state index in [9.17, 15) is 4.79 Å². The molecule has 0 atom stereocenters. The minimum Gasteiger partial charge on any atom is -0.383 e. The molecule has 1 aromatic heterocycles. The molecule has 0 radical (unpaired) electrons. The van der Waals surface area contributed by atoms with Crippen molar-refractivity contribution in [1.29, 1.82) is 0 Å². The molecule has 0 aliphatic rings. The van der Waals surface area contributed by atoms with E-state index < -0.39 is 0 Å². The van der Waals surface area contributed by atoms with E-state index in [0.29, 0.717) is 12.1 Å². The molecule has 0 saturated carbocycles. The summed E-state index contributed by atoms with van der Waals surface area (Å²) in [5.74, 6) is 0.141. The molecule has 1 heterocycles. The van der Waals surface area contributed by atoms with Crippen molar-refractivity contribution in [1.82, 2.24) is 4.98 Å². The summed E-state index contributed by atoms with van der Waals surface area (Å²) in [6.45, 7) is 4.51. The number of para-hydroxylation sites is 1. The van der Waals surface area contributed by atoms with E-state index in [0.717, 1.165) is 11.3 Å². The van der Waals surface area contributed by atoms with E-state index in [1.54, 1.807) is 23.2 Å². The van der Waals surface area contributed by atoms with Crippen LogP contribution in [0.4, 0.5) is 11.5 Å². The Labute approximate surface area is 112 Å². The van der Waals surface area contributed by atoms with Crippen LogP contribution in [0.3, 0.4) is 0 Å². The molecule has 1 amide bonds. The smallest absolute Gasteiger partial charge is 0.262 e. The monoisotopic (exact) mass is 255 g/mol. The Kier molecular flexibility index (Phi) is 3.80. The SMILES string of the molecule is CCN(C(=O)c1cccnc1N)c1ccccc1C. The van der Waals surface area contributed by atoms with E-state index in [-0.39, 0.29) is 11.7 Å². The molecule has 0 saturated heterocycles. The number of carbonyl (C=O) groups excluding carboxylic acids is 1. The lowest BCUT2D eigenvalue weighted by atomic mass is 10.1. The van der Waals surface area contributed by atoms with E-state index in [1.807, 2.05) is 38.1 Å². The number of nitrogens with two attached hydrogens (primary N) is 1. The zero-order valence-electron chi connectivity index (χ0n) is 11.1. The molecule has 0 unspecified atom stereocenters. The zero-order valence-corrected chi connectivity index (χ0v) is 11.1. The number of aryl methyl sites for hydroxylation is 1. The number of benzene rings is 1. The molecule has 0 aliphatic heterocycles. The number of pyridine rings is 1. The van der Waals surface area contributed by atoms with Crippen LogP contribution in [0.1, 0.15) is 22.8 Å². The molecule has 2 aromatic rings. The first kappa shape index (κ1) is 13.1.